The second kappa shape index (κ2) is 5.89. The van der Waals surface area contributed by atoms with Crippen LogP contribution in [-0.2, 0) is 28.8 Å². The van der Waals surface area contributed by atoms with Gasteiger partial charge in [-0.25, -0.2) is 5.48 Å². The van der Waals surface area contributed by atoms with Crippen LogP contribution in [-0.4, -0.2) is 31.3 Å². The molecule has 7 atom stereocenters. The maximum Gasteiger partial charge on any atom is 0.298 e. The molecule has 9 heteroatoms. The van der Waals surface area contributed by atoms with E-state index in [1.807, 2.05) is 38.4 Å². The molecule has 0 aromatic carbocycles. The first-order chi connectivity index (χ1) is 12.9. The summed E-state index contributed by atoms with van der Waals surface area (Å²) in [7, 11) is -4.34. The Kier molecular flexibility index (Phi) is 4.11. The number of hydrogen-bond acceptors (Lipinski definition) is 6. The number of carbonyl (C=O) groups excluding carboxylic acids is 3. The molecule has 2 amide bonds. The first-order valence-electron chi connectivity index (χ1n) is 9.66. The van der Waals surface area contributed by atoms with Gasteiger partial charge in [-0.1, -0.05) is 32.9 Å². The van der Waals surface area contributed by atoms with Crippen LogP contribution in [0.1, 0.15) is 40.0 Å². The van der Waals surface area contributed by atoms with Gasteiger partial charge in [-0.3, -0.25) is 14.4 Å². The van der Waals surface area contributed by atoms with Gasteiger partial charge in [0.15, 0.2) is 11.0 Å². The molecule has 3 N–H and O–H groups in total. The monoisotopic (exact) mass is 410 g/mol. The highest BCUT2D eigenvalue weighted by Crippen LogP contribution is 2.65. The van der Waals surface area contributed by atoms with E-state index in [4.69, 9.17) is 10.0 Å². The Morgan fingerprint density at radius 3 is 2.32 bits per heavy atom. The average molecular weight is 410 g/mol. The van der Waals surface area contributed by atoms with E-state index in [0.29, 0.717) is 19.3 Å². The van der Waals surface area contributed by atoms with Gasteiger partial charge in [0.05, 0.1) is 11.8 Å². The maximum atomic E-state index is 12.9. The minimum Gasteiger partial charge on any atom is -0.369 e. The molecule has 3 saturated carbocycles. The number of ketones is 1. The summed E-state index contributed by atoms with van der Waals surface area (Å²) in [6.07, 6.45) is 5.63. The predicted octanol–water partition coefficient (Wildman–Crippen LogP) is 0.681. The molecule has 0 aromatic heterocycles. The molecule has 0 saturated heterocycles. The fourth-order valence-electron chi connectivity index (χ4n) is 6.12. The Morgan fingerprint density at radius 1 is 1.18 bits per heavy atom. The van der Waals surface area contributed by atoms with Gasteiger partial charge in [-0.2, -0.15) is 8.42 Å². The van der Waals surface area contributed by atoms with Crippen LogP contribution in [0.2, 0.25) is 0 Å². The van der Waals surface area contributed by atoms with Crippen molar-refractivity contribution in [2.75, 3.05) is 0 Å². The van der Waals surface area contributed by atoms with E-state index in [-0.39, 0.29) is 23.5 Å². The van der Waals surface area contributed by atoms with Crippen molar-refractivity contribution in [1.82, 2.24) is 5.48 Å². The molecule has 3 fully saturated rings. The van der Waals surface area contributed by atoms with Crippen LogP contribution in [0.5, 0.6) is 0 Å². The summed E-state index contributed by atoms with van der Waals surface area (Å²) in [5.41, 5.74) is 6.28. The molecule has 4 bridgehead atoms. The largest absolute Gasteiger partial charge is 0.369 e. The molecular formula is C19H26N2O6S. The minimum absolute atomic E-state index is 0.109. The number of rotatable bonds is 5. The summed E-state index contributed by atoms with van der Waals surface area (Å²) >= 11 is 0. The Morgan fingerprint density at radius 2 is 1.79 bits per heavy atom. The van der Waals surface area contributed by atoms with Crippen LogP contribution in [0, 0.1) is 40.4 Å². The topological polar surface area (TPSA) is 133 Å². The molecule has 0 radical (unpaired) electrons. The third-order valence-electron chi connectivity index (χ3n) is 8.13. The van der Waals surface area contributed by atoms with Gasteiger partial charge >= 0.3 is 0 Å². The summed E-state index contributed by atoms with van der Waals surface area (Å²) in [4.78, 5) is 37.2. The van der Waals surface area contributed by atoms with Crippen molar-refractivity contribution < 1.29 is 27.1 Å². The number of hydrogen-bond donors (Lipinski definition) is 2. The summed E-state index contributed by atoms with van der Waals surface area (Å²) in [5.74, 6) is -3.69. The first-order valence-corrected chi connectivity index (χ1v) is 11.1. The van der Waals surface area contributed by atoms with Crippen LogP contribution in [0.4, 0.5) is 0 Å². The standard InChI is InChI=1S/C19H26N2O6S/c1-18(2)11-6-7-19(18,3)15(22)14(11)28(25,26)27-21-17(24)13-10-5-4-9(8-10)12(13)16(20)23/h4-5,9-14H,6-8H2,1-3H3,(H2,20,23)(H,21,24). The van der Waals surface area contributed by atoms with E-state index in [1.54, 1.807) is 0 Å². The molecule has 0 aromatic rings. The van der Waals surface area contributed by atoms with Crippen molar-refractivity contribution in [2.24, 2.45) is 46.2 Å². The fourth-order valence-corrected chi connectivity index (χ4v) is 7.83. The lowest BCUT2D eigenvalue weighted by Crippen LogP contribution is -2.46. The molecule has 154 valence electrons. The number of fused-ring (bicyclic) bond motifs is 4. The number of carbonyl (C=O) groups is 3. The summed E-state index contributed by atoms with van der Waals surface area (Å²) in [5, 5.41) is -1.28. The van der Waals surface area contributed by atoms with Gasteiger partial charge < -0.3 is 5.73 Å². The van der Waals surface area contributed by atoms with E-state index < -0.39 is 49.8 Å². The Hall–Kier alpha value is -1.74. The molecular weight excluding hydrogens is 384 g/mol. The number of primary amides is 1. The summed E-state index contributed by atoms with van der Waals surface area (Å²) in [6.45, 7) is 5.63. The van der Waals surface area contributed by atoms with E-state index in [1.165, 1.54) is 0 Å². The van der Waals surface area contributed by atoms with Crippen LogP contribution in [0.15, 0.2) is 12.2 Å². The zero-order valence-electron chi connectivity index (χ0n) is 16.2. The SMILES string of the molecule is CC12CCC(C(S(=O)(=O)ONC(=O)C3C4C=CC(C4)C3C(N)=O)C1=O)C2(C)C. The van der Waals surface area contributed by atoms with Gasteiger partial charge in [0.2, 0.25) is 11.8 Å². The lowest BCUT2D eigenvalue weighted by molar-refractivity contribution is -0.138. The molecule has 28 heavy (non-hydrogen) atoms. The molecule has 0 aliphatic heterocycles. The van der Waals surface area contributed by atoms with E-state index >= 15 is 0 Å². The predicted molar refractivity (Wildman–Crippen MR) is 98.5 cm³/mol. The van der Waals surface area contributed by atoms with Gasteiger partial charge in [-0.05, 0) is 42.4 Å². The van der Waals surface area contributed by atoms with Gasteiger partial charge in [-0.15, -0.1) is 4.28 Å². The second-order valence-electron chi connectivity index (χ2n) is 9.43. The quantitative estimate of drug-likeness (QED) is 0.506. The Balaban J connectivity index is 1.50. The van der Waals surface area contributed by atoms with Crippen LogP contribution >= 0.6 is 0 Å². The summed E-state index contributed by atoms with van der Waals surface area (Å²) in [6, 6.07) is 0. The zero-order valence-corrected chi connectivity index (χ0v) is 17.0. The molecule has 0 heterocycles. The fraction of sp³-hybridized carbons (Fsp3) is 0.737. The smallest absolute Gasteiger partial charge is 0.298 e. The number of allylic oxidation sites excluding steroid dienone is 2. The number of Topliss-reactive ketones (excluding diaryl/α,β-unsaturated/α-hetero) is 1. The number of nitrogens with two attached hydrogens (primary N) is 1. The third-order valence-corrected chi connectivity index (χ3v) is 9.61. The summed E-state index contributed by atoms with van der Waals surface area (Å²) < 4.78 is 30.4. The van der Waals surface area contributed by atoms with Crippen LogP contribution < -0.4 is 11.2 Å². The number of nitrogens with one attached hydrogen (secondary N) is 1. The van der Waals surface area contributed by atoms with Crippen molar-refractivity contribution in [3.8, 4) is 0 Å². The van der Waals surface area contributed by atoms with Crippen LogP contribution in [0.3, 0.4) is 0 Å². The van der Waals surface area contributed by atoms with Crippen molar-refractivity contribution in [1.29, 1.82) is 0 Å². The third kappa shape index (κ3) is 2.38. The molecule has 7 unspecified atom stereocenters. The minimum atomic E-state index is -4.34. The van der Waals surface area contributed by atoms with Gasteiger partial charge in [0.1, 0.15) is 0 Å². The maximum absolute atomic E-state index is 12.9. The van der Waals surface area contributed by atoms with Crippen molar-refractivity contribution >= 4 is 27.7 Å². The van der Waals surface area contributed by atoms with Crippen molar-refractivity contribution in [3.63, 3.8) is 0 Å². The highest BCUT2D eigenvalue weighted by atomic mass is 32.2. The molecule has 4 aliphatic rings. The number of amides is 2. The van der Waals surface area contributed by atoms with E-state index in [2.05, 4.69) is 0 Å². The molecule has 8 nitrogen and oxygen atoms in total. The van der Waals surface area contributed by atoms with E-state index in [9.17, 15) is 22.8 Å². The lowest BCUT2D eigenvalue weighted by atomic mass is 9.70. The first kappa shape index (κ1) is 19.6. The van der Waals surface area contributed by atoms with Crippen molar-refractivity contribution in [2.45, 2.75) is 45.3 Å². The highest BCUT2D eigenvalue weighted by molar-refractivity contribution is 7.88. The zero-order chi connectivity index (χ0) is 20.6. The average Bonchev–Trinajstić information content (AvgIpc) is 3.30. The Bertz CT molecular complexity index is 894. The molecule has 0 spiro atoms. The van der Waals surface area contributed by atoms with Crippen molar-refractivity contribution in [3.05, 3.63) is 12.2 Å². The Labute approximate surface area is 164 Å². The van der Waals surface area contributed by atoms with Crippen LogP contribution in [0.25, 0.3) is 0 Å². The van der Waals surface area contributed by atoms with Gasteiger partial charge in [0, 0.05) is 5.41 Å². The number of hydroxylamine groups is 1. The van der Waals surface area contributed by atoms with Gasteiger partial charge in [0.25, 0.3) is 10.1 Å². The lowest BCUT2D eigenvalue weighted by Gasteiger charge is -2.32. The normalized spacial score (nSPS) is 42.9. The second-order valence-corrected chi connectivity index (χ2v) is 11.1. The molecule has 4 rings (SSSR count). The van der Waals surface area contributed by atoms with E-state index in [0.717, 1.165) is 0 Å². The molecule has 4 aliphatic carbocycles. The highest BCUT2D eigenvalue weighted by Gasteiger charge is 2.70.